The van der Waals surface area contributed by atoms with Crippen molar-refractivity contribution in [3.63, 3.8) is 0 Å². The molecule has 1 aliphatic heterocycles. The standard InChI is InChI=1S/C16H21F3N2O3/c1-24-13-4-2-12(3-5-13)10-15(23)21-8-6-20(7-9-21)11-14(22)16(17,18)19/h2-5,14,22H,6-11H2,1H3/t14-/m1/s1. The minimum absolute atomic E-state index is 0.0591. The fourth-order valence-corrected chi connectivity index (χ4v) is 2.56. The predicted octanol–water partition coefficient (Wildman–Crippen LogP) is 1.31. The molecule has 1 amide bonds. The molecule has 1 aromatic rings. The number of nitrogens with zero attached hydrogens (tertiary/aromatic N) is 2. The van der Waals surface area contributed by atoms with Crippen LogP contribution in [0.15, 0.2) is 24.3 Å². The maximum absolute atomic E-state index is 12.4. The molecule has 0 unspecified atom stereocenters. The van der Waals surface area contributed by atoms with E-state index in [4.69, 9.17) is 9.84 Å². The van der Waals surface area contributed by atoms with Gasteiger partial charge in [-0.3, -0.25) is 9.69 Å². The van der Waals surface area contributed by atoms with E-state index < -0.39 is 18.8 Å². The number of aliphatic hydroxyl groups is 1. The SMILES string of the molecule is COc1ccc(CC(=O)N2CCN(C[C@@H](O)C(F)(F)F)CC2)cc1. The van der Waals surface area contributed by atoms with Crippen LogP contribution in [0.4, 0.5) is 13.2 Å². The first-order valence-electron chi connectivity index (χ1n) is 7.67. The molecule has 0 spiro atoms. The van der Waals surface area contributed by atoms with Crippen molar-refractivity contribution in [3.8, 4) is 5.75 Å². The number of piperazine rings is 1. The molecule has 1 aromatic carbocycles. The van der Waals surface area contributed by atoms with E-state index in [1.807, 2.05) is 12.1 Å². The lowest BCUT2D eigenvalue weighted by molar-refractivity contribution is -0.209. The number of carbonyl (C=O) groups is 1. The van der Waals surface area contributed by atoms with Crippen LogP contribution in [0, 0.1) is 0 Å². The van der Waals surface area contributed by atoms with Gasteiger partial charge in [0.15, 0.2) is 6.10 Å². The van der Waals surface area contributed by atoms with E-state index >= 15 is 0 Å². The first-order valence-corrected chi connectivity index (χ1v) is 7.67. The highest BCUT2D eigenvalue weighted by molar-refractivity contribution is 5.78. The zero-order chi connectivity index (χ0) is 17.7. The molecule has 0 radical (unpaired) electrons. The Balaban J connectivity index is 1.79. The minimum atomic E-state index is -4.61. The molecule has 0 bridgehead atoms. The maximum Gasteiger partial charge on any atom is 0.415 e. The summed E-state index contributed by atoms with van der Waals surface area (Å²) in [5.74, 6) is 0.652. The van der Waals surface area contributed by atoms with Crippen molar-refractivity contribution in [3.05, 3.63) is 29.8 Å². The topological polar surface area (TPSA) is 53.0 Å². The Morgan fingerprint density at radius 1 is 1.21 bits per heavy atom. The molecular weight excluding hydrogens is 325 g/mol. The van der Waals surface area contributed by atoms with Crippen LogP contribution in [-0.4, -0.2) is 72.9 Å². The summed E-state index contributed by atoms with van der Waals surface area (Å²) in [4.78, 5) is 15.4. The van der Waals surface area contributed by atoms with E-state index in [9.17, 15) is 18.0 Å². The van der Waals surface area contributed by atoms with Gasteiger partial charge in [-0.1, -0.05) is 12.1 Å². The Kier molecular flexibility index (Phi) is 6.06. The quantitative estimate of drug-likeness (QED) is 0.873. The van der Waals surface area contributed by atoms with Crippen molar-refractivity contribution in [1.29, 1.82) is 0 Å². The molecule has 1 heterocycles. The highest BCUT2D eigenvalue weighted by Crippen LogP contribution is 2.21. The lowest BCUT2D eigenvalue weighted by Crippen LogP contribution is -2.52. The molecular formula is C16H21F3N2O3. The second kappa shape index (κ2) is 7.85. The average molecular weight is 346 g/mol. The molecule has 1 atom stereocenters. The number of hydrogen-bond donors (Lipinski definition) is 1. The highest BCUT2D eigenvalue weighted by Gasteiger charge is 2.39. The van der Waals surface area contributed by atoms with E-state index in [1.165, 1.54) is 4.90 Å². The number of alkyl halides is 3. The lowest BCUT2D eigenvalue weighted by Gasteiger charge is -2.35. The minimum Gasteiger partial charge on any atom is -0.497 e. The molecule has 2 rings (SSSR count). The Morgan fingerprint density at radius 3 is 2.29 bits per heavy atom. The number of aliphatic hydroxyl groups excluding tert-OH is 1. The number of halogens is 3. The monoisotopic (exact) mass is 346 g/mol. The van der Waals surface area contributed by atoms with Gasteiger partial charge in [0, 0.05) is 32.7 Å². The molecule has 0 aliphatic carbocycles. The summed E-state index contributed by atoms with van der Waals surface area (Å²) in [6.07, 6.45) is -6.71. The van der Waals surface area contributed by atoms with E-state index in [2.05, 4.69) is 0 Å². The van der Waals surface area contributed by atoms with E-state index in [0.29, 0.717) is 31.9 Å². The van der Waals surface area contributed by atoms with Gasteiger partial charge in [-0.25, -0.2) is 0 Å². The van der Waals surface area contributed by atoms with Gasteiger partial charge in [0.1, 0.15) is 5.75 Å². The van der Waals surface area contributed by atoms with Crippen molar-refractivity contribution in [2.45, 2.75) is 18.7 Å². The number of carbonyl (C=O) groups excluding carboxylic acids is 1. The molecule has 5 nitrogen and oxygen atoms in total. The summed E-state index contributed by atoms with van der Waals surface area (Å²) in [6.45, 7) is 0.909. The first kappa shape index (κ1) is 18.5. The zero-order valence-electron chi connectivity index (χ0n) is 13.4. The molecule has 0 saturated carbocycles. The van der Waals surface area contributed by atoms with Crippen LogP contribution in [0.1, 0.15) is 5.56 Å². The molecule has 8 heteroatoms. The number of benzene rings is 1. The fraction of sp³-hybridized carbons (Fsp3) is 0.562. The fourth-order valence-electron chi connectivity index (χ4n) is 2.56. The summed E-state index contributed by atoms with van der Waals surface area (Å²) in [5, 5.41) is 9.09. The van der Waals surface area contributed by atoms with Crippen LogP contribution >= 0.6 is 0 Å². The number of amides is 1. The molecule has 0 aromatic heterocycles. The van der Waals surface area contributed by atoms with Crippen molar-refractivity contribution in [2.75, 3.05) is 39.8 Å². The third-order valence-corrected chi connectivity index (χ3v) is 4.05. The molecule has 1 N–H and O–H groups in total. The largest absolute Gasteiger partial charge is 0.497 e. The van der Waals surface area contributed by atoms with Gasteiger partial charge in [-0.2, -0.15) is 13.2 Å². The van der Waals surface area contributed by atoms with E-state index in [1.54, 1.807) is 24.1 Å². The predicted molar refractivity (Wildman–Crippen MR) is 81.8 cm³/mol. The molecule has 24 heavy (non-hydrogen) atoms. The van der Waals surface area contributed by atoms with Crippen molar-refractivity contribution >= 4 is 5.91 Å². The van der Waals surface area contributed by atoms with Gasteiger partial charge in [0.2, 0.25) is 5.91 Å². The normalized spacial score (nSPS) is 17.6. The zero-order valence-corrected chi connectivity index (χ0v) is 13.4. The number of rotatable bonds is 5. The number of hydrogen-bond acceptors (Lipinski definition) is 4. The Morgan fingerprint density at radius 2 is 1.79 bits per heavy atom. The van der Waals surface area contributed by atoms with Crippen LogP contribution in [0.3, 0.4) is 0 Å². The third-order valence-electron chi connectivity index (χ3n) is 4.05. The lowest BCUT2D eigenvalue weighted by atomic mass is 10.1. The Bertz CT molecular complexity index is 540. The van der Waals surface area contributed by atoms with Crippen LogP contribution in [0.25, 0.3) is 0 Å². The van der Waals surface area contributed by atoms with Gasteiger partial charge < -0.3 is 14.7 Å². The summed E-state index contributed by atoms with van der Waals surface area (Å²) in [5.41, 5.74) is 0.857. The van der Waals surface area contributed by atoms with Gasteiger partial charge in [-0.15, -0.1) is 0 Å². The summed E-state index contributed by atoms with van der Waals surface area (Å²) in [6, 6.07) is 7.18. The Hall–Kier alpha value is -1.80. The summed E-state index contributed by atoms with van der Waals surface area (Å²) >= 11 is 0. The number of β-amino-alcohol motifs (C(OH)–C–C–N with tert-alkyl or cyclic N) is 1. The first-order chi connectivity index (χ1) is 11.3. The molecule has 1 saturated heterocycles. The van der Waals surface area contributed by atoms with Crippen LogP contribution in [-0.2, 0) is 11.2 Å². The molecule has 134 valence electrons. The second-order valence-corrected chi connectivity index (χ2v) is 5.76. The van der Waals surface area contributed by atoms with E-state index in [0.717, 1.165) is 5.56 Å². The molecule has 1 aliphatic rings. The van der Waals surface area contributed by atoms with Crippen molar-refractivity contribution < 1.29 is 27.8 Å². The maximum atomic E-state index is 12.4. The van der Waals surface area contributed by atoms with Crippen LogP contribution < -0.4 is 4.74 Å². The van der Waals surface area contributed by atoms with Crippen molar-refractivity contribution in [2.24, 2.45) is 0 Å². The summed E-state index contributed by atoms with van der Waals surface area (Å²) < 4.78 is 42.1. The second-order valence-electron chi connectivity index (χ2n) is 5.76. The van der Waals surface area contributed by atoms with E-state index in [-0.39, 0.29) is 12.3 Å². The van der Waals surface area contributed by atoms with Gasteiger partial charge >= 0.3 is 6.18 Å². The van der Waals surface area contributed by atoms with Crippen molar-refractivity contribution in [1.82, 2.24) is 9.80 Å². The number of ether oxygens (including phenoxy) is 1. The van der Waals surface area contributed by atoms with Crippen LogP contribution in [0.2, 0.25) is 0 Å². The smallest absolute Gasteiger partial charge is 0.415 e. The average Bonchev–Trinajstić information content (AvgIpc) is 2.55. The highest BCUT2D eigenvalue weighted by atomic mass is 19.4. The van der Waals surface area contributed by atoms with Crippen LogP contribution in [0.5, 0.6) is 5.75 Å². The number of methoxy groups -OCH3 is 1. The van der Waals surface area contributed by atoms with Gasteiger partial charge in [0.25, 0.3) is 0 Å². The van der Waals surface area contributed by atoms with Gasteiger partial charge in [0.05, 0.1) is 13.5 Å². The van der Waals surface area contributed by atoms with Gasteiger partial charge in [-0.05, 0) is 17.7 Å². The third kappa shape index (κ3) is 5.10. The Labute approximate surface area is 138 Å². The molecule has 1 fully saturated rings. The summed E-state index contributed by atoms with van der Waals surface area (Å²) in [7, 11) is 1.56.